The molecule has 0 aliphatic rings. The van der Waals surface area contributed by atoms with Crippen molar-refractivity contribution in [2.24, 2.45) is 0 Å². The van der Waals surface area contributed by atoms with E-state index in [1.165, 1.54) is 26.2 Å². The van der Waals surface area contributed by atoms with Crippen LogP contribution in [0, 0.1) is 12.7 Å². The summed E-state index contributed by atoms with van der Waals surface area (Å²) in [7, 11) is -2.77. The zero-order valence-electron chi connectivity index (χ0n) is 12.6. The molecule has 0 unspecified atom stereocenters. The second-order valence-electron chi connectivity index (χ2n) is 4.84. The van der Waals surface area contributed by atoms with Crippen LogP contribution in [0.25, 0.3) is 0 Å². The average Bonchev–Trinajstić information content (AvgIpc) is 2.48. The molecule has 122 valence electrons. The number of hydrogen-bond acceptors (Lipinski definition) is 5. The summed E-state index contributed by atoms with van der Waals surface area (Å²) in [5.74, 6) is -0.816. The van der Waals surface area contributed by atoms with E-state index in [2.05, 4.69) is 4.74 Å². The highest BCUT2D eigenvalue weighted by atomic mass is 32.2. The normalized spacial score (nSPS) is 11.1. The fraction of sp³-hybridized carbons (Fsp3) is 0.188. The first kappa shape index (κ1) is 17.0. The Morgan fingerprint density at radius 3 is 2.35 bits per heavy atom. The van der Waals surface area contributed by atoms with Gasteiger partial charge in [-0.3, -0.25) is 4.79 Å². The number of esters is 1. The van der Waals surface area contributed by atoms with Gasteiger partial charge in [-0.15, -0.1) is 0 Å². The summed E-state index contributed by atoms with van der Waals surface area (Å²) in [5, 5.41) is 0. The molecular weight excluding hydrogens is 323 g/mol. The van der Waals surface area contributed by atoms with Crippen LogP contribution >= 0.6 is 0 Å². The van der Waals surface area contributed by atoms with Crippen molar-refractivity contribution in [3.05, 3.63) is 59.4 Å². The molecule has 2 rings (SSSR count). The Labute approximate surface area is 133 Å². The minimum absolute atomic E-state index is 0.0839. The predicted molar refractivity (Wildman–Crippen MR) is 81.1 cm³/mol. The molecule has 0 aliphatic carbocycles. The number of hydrogen-bond donors (Lipinski definition) is 0. The Balaban J connectivity index is 2.19. The molecule has 23 heavy (non-hydrogen) atoms. The molecule has 0 bridgehead atoms. The van der Waals surface area contributed by atoms with E-state index in [1.54, 1.807) is 12.1 Å². The van der Waals surface area contributed by atoms with E-state index in [0.717, 1.165) is 18.2 Å². The van der Waals surface area contributed by atoms with Gasteiger partial charge in [0.05, 0.1) is 13.5 Å². The topological polar surface area (TPSA) is 69.7 Å². The van der Waals surface area contributed by atoms with E-state index in [-0.39, 0.29) is 22.6 Å². The Morgan fingerprint density at radius 2 is 1.78 bits per heavy atom. The number of carbonyl (C=O) groups excluding carboxylic acids is 1. The SMILES string of the molecule is COC(=O)Cc1ccc(OS(=O)(=O)c2ccc(F)cc2C)cc1. The quantitative estimate of drug-likeness (QED) is 0.619. The van der Waals surface area contributed by atoms with Gasteiger partial charge in [0.25, 0.3) is 0 Å². The van der Waals surface area contributed by atoms with Crippen molar-refractivity contribution < 1.29 is 26.5 Å². The van der Waals surface area contributed by atoms with Gasteiger partial charge in [0.15, 0.2) is 0 Å². The lowest BCUT2D eigenvalue weighted by atomic mass is 10.1. The van der Waals surface area contributed by atoms with Crippen molar-refractivity contribution in [1.82, 2.24) is 0 Å². The summed E-state index contributed by atoms with van der Waals surface area (Å²) >= 11 is 0. The first-order valence-electron chi connectivity index (χ1n) is 6.68. The summed E-state index contributed by atoms with van der Waals surface area (Å²) < 4.78 is 47.1. The van der Waals surface area contributed by atoms with Crippen LogP contribution in [0.4, 0.5) is 4.39 Å². The minimum atomic E-state index is -4.06. The summed E-state index contributed by atoms with van der Waals surface area (Å²) in [6, 6.07) is 9.35. The predicted octanol–water partition coefficient (Wildman–Crippen LogP) is 2.62. The lowest BCUT2D eigenvalue weighted by Gasteiger charge is -2.10. The summed E-state index contributed by atoms with van der Waals surface area (Å²) in [6.07, 6.45) is 0.0839. The monoisotopic (exact) mass is 338 g/mol. The van der Waals surface area contributed by atoms with Crippen molar-refractivity contribution in [3.8, 4) is 5.75 Å². The van der Waals surface area contributed by atoms with Gasteiger partial charge in [-0.25, -0.2) is 4.39 Å². The van der Waals surface area contributed by atoms with E-state index >= 15 is 0 Å². The zero-order chi connectivity index (χ0) is 17.0. The van der Waals surface area contributed by atoms with E-state index in [1.807, 2.05) is 0 Å². The van der Waals surface area contributed by atoms with E-state index in [9.17, 15) is 17.6 Å². The van der Waals surface area contributed by atoms with Gasteiger partial charge in [-0.2, -0.15) is 8.42 Å². The van der Waals surface area contributed by atoms with Gasteiger partial charge in [0, 0.05) is 0 Å². The van der Waals surface area contributed by atoms with Gasteiger partial charge in [-0.1, -0.05) is 12.1 Å². The van der Waals surface area contributed by atoms with Crippen LogP contribution in [0.5, 0.6) is 5.75 Å². The standard InChI is InChI=1S/C16H15FO5S/c1-11-9-13(17)5-8-15(11)23(19,20)22-14-6-3-12(4-7-14)10-16(18)21-2/h3-9H,10H2,1-2H3. The first-order chi connectivity index (χ1) is 10.8. The molecule has 5 nitrogen and oxygen atoms in total. The number of benzene rings is 2. The maximum Gasteiger partial charge on any atom is 0.339 e. The number of halogens is 1. The molecular formula is C16H15FO5S. The Hall–Kier alpha value is -2.41. The molecule has 0 N–H and O–H groups in total. The third kappa shape index (κ3) is 4.29. The van der Waals surface area contributed by atoms with Crippen molar-refractivity contribution in [3.63, 3.8) is 0 Å². The lowest BCUT2D eigenvalue weighted by molar-refractivity contribution is -0.139. The Bertz CT molecular complexity index is 813. The Morgan fingerprint density at radius 1 is 1.13 bits per heavy atom. The van der Waals surface area contributed by atoms with Crippen LogP contribution < -0.4 is 4.18 Å². The molecule has 0 amide bonds. The number of aryl methyl sites for hydroxylation is 1. The van der Waals surface area contributed by atoms with Crippen LogP contribution in [0.3, 0.4) is 0 Å². The molecule has 0 saturated heterocycles. The summed E-state index contributed by atoms with van der Waals surface area (Å²) in [4.78, 5) is 11.1. The fourth-order valence-corrected chi connectivity index (χ4v) is 3.11. The highest BCUT2D eigenvalue weighted by Gasteiger charge is 2.19. The molecule has 2 aromatic rings. The minimum Gasteiger partial charge on any atom is -0.469 e. The third-order valence-electron chi connectivity index (χ3n) is 3.11. The van der Waals surface area contributed by atoms with E-state index in [4.69, 9.17) is 4.18 Å². The fourth-order valence-electron chi connectivity index (χ4n) is 1.97. The second-order valence-corrected chi connectivity index (χ2v) is 6.36. The molecule has 0 aliphatic heterocycles. The van der Waals surface area contributed by atoms with Gasteiger partial charge in [0.2, 0.25) is 0 Å². The molecule has 0 spiro atoms. The lowest BCUT2D eigenvalue weighted by Crippen LogP contribution is -2.11. The van der Waals surface area contributed by atoms with Crippen LogP contribution in [-0.4, -0.2) is 21.5 Å². The average molecular weight is 338 g/mol. The zero-order valence-corrected chi connectivity index (χ0v) is 13.4. The second kappa shape index (κ2) is 6.78. The van der Waals surface area contributed by atoms with Crippen molar-refractivity contribution in [2.75, 3.05) is 7.11 Å². The summed E-state index contributed by atoms with van der Waals surface area (Å²) in [6.45, 7) is 1.48. The summed E-state index contributed by atoms with van der Waals surface area (Å²) in [5.41, 5.74) is 0.923. The van der Waals surface area contributed by atoms with Crippen LogP contribution in [0.1, 0.15) is 11.1 Å². The molecule has 0 saturated carbocycles. The number of carbonyl (C=O) groups is 1. The van der Waals surface area contributed by atoms with Gasteiger partial charge < -0.3 is 8.92 Å². The molecule has 7 heteroatoms. The molecule has 0 atom stereocenters. The number of methoxy groups -OCH3 is 1. The molecule has 0 aromatic heterocycles. The highest BCUT2D eigenvalue weighted by molar-refractivity contribution is 7.87. The largest absolute Gasteiger partial charge is 0.469 e. The highest BCUT2D eigenvalue weighted by Crippen LogP contribution is 2.22. The molecule has 2 aromatic carbocycles. The van der Waals surface area contributed by atoms with Crippen LogP contribution in [0.15, 0.2) is 47.4 Å². The smallest absolute Gasteiger partial charge is 0.339 e. The van der Waals surface area contributed by atoms with Crippen molar-refractivity contribution in [1.29, 1.82) is 0 Å². The molecule has 0 fully saturated rings. The maximum absolute atomic E-state index is 13.1. The van der Waals surface area contributed by atoms with Gasteiger partial charge in [0.1, 0.15) is 16.5 Å². The van der Waals surface area contributed by atoms with Crippen molar-refractivity contribution in [2.45, 2.75) is 18.2 Å². The van der Waals surface area contributed by atoms with Crippen LogP contribution in [-0.2, 0) is 26.1 Å². The van der Waals surface area contributed by atoms with E-state index in [0.29, 0.717) is 5.56 Å². The van der Waals surface area contributed by atoms with E-state index < -0.39 is 21.9 Å². The Kier molecular flexibility index (Phi) is 5.00. The third-order valence-corrected chi connectivity index (χ3v) is 4.52. The first-order valence-corrected chi connectivity index (χ1v) is 8.09. The number of ether oxygens (including phenoxy) is 1. The van der Waals surface area contributed by atoms with Crippen LogP contribution in [0.2, 0.25) is 0 Å². The maximum atomic E-state index is 13.1. The van der Waals surface area contributed by atoms with Crippen molar-refractivity contribution >= 4 is 16.1 Å². The molecule has 0 heterocycles. The van der Waals surface area contributed by atoms with Gasteiger partial charge in [-0.05, 0) is 48.4 Å². The molecule has 0 radical (unpaired) electrons. The van der Waals surface area contributed by atoms with Gasteiger partial charge >= 0.3 is 16.1 Å². The number of rotatable bonds is 5.